The van der Waals surface area contributed by atoms with E-state index in [-0.39, 0.29) is 0 Å². The number of hydrogen-bond acceptors (Lipinski definition) is 6. The van der Waals surface area contributed by atoms with Gasteiger partial charge in [0.15, 0.2) is 5.82 Å². The van der Waals surface area contributed by atoms with Crippen molar-refractivity contribution in [1.82, 2.24) is 15.0 Å². The molecule has 0 fully saturated rings. The van der Waals surface area contributed by atoms with Gasteiger partial charge in [0.1, 0.15) is 11.2 Å². The minimum Gasteiger partial charge on any atom is -0.264 e. The summed E-state index contributed by atoms with van der Waals surface area (Å²) in [7, 11) is 0. The number of anilines is 1. The number of aromatic nitrogens is 3. The van der Waals surface area contributed by atoms with Gasteiger partial charge in [-0.05, 0) is 42.2 Å². The monoisotopic (exact) mass is 379 g/mol. The van der Waals surface area contributed by atoms with Crippen molar-refractivity contribution in [3.05, 3.63) is 46.9 Å². The zero-order valence-electron chi connectivity index (χ0n) is 16.1. The Kier molecular flexibility index (Phi) is 4.91. The minimum absolute atomic E-state index is 0.355. The topological polar surface area (TPSA) is 63.1 Å². The Morgan fingerprint density at radius 2 is 2.26 bits per heavy atom. The average Bonchev–Trinajstić information content (AvgIpc) is 3.07. The number of hydrazone groups is 1. The molecule has 4 rings (SSSR count). The first-order valence-corrected chi connectivity index (χ1v) is 10.3. The third-order valence-corrected chi connectivity index (χ3v) is 7.13. The molecule has 0 aliphatic heterocycles. The number of fused-ring (bicyclic) bond motifs is 3. The van der Waals surface area contributed by atoms with Gasteiger partial charge >= 0.3 is 0 Å². The lowest BCUT2D eigenvalue weighted by molar-refractivity contribution is 0.184. The average molecular weight is 380 g/mol. The summed E-state index contributed by atoms with van der Waals surface area (Å²) in [6.45, 7) is 7.08. The highest BCUT2D eigenvalue weighted by molar-refractivity contribution is 7.19. The van der Waals surface area contributed by atoms with Crippen LogP contribution >= 0.6 is 11.3 Å². The van der Waals surface area contributed by atoms with E-state index in [1.807, 2.05) is 23.5 Å². The van der Waals surface area contributed by atoms with Crippen molar-refractivity contribution in [3.63, 3.8) is 0 Å². The predicted molar refractivity (Wildman–Crippen MR) is 112 cm³/mol. The van der Waals surface area contributed by atoms with E-state index in [1.165, 1.54) is 23.3 Å². The summed E-state index contributed by atoms with van der Waals surface area (Å²) >= 11 is 1.81. The van der Waals surface area contributed by atoms with Crippen molar-refractivity contribution in [1.29, 1.82) is 0 Å². The molecule has 6 heteroatoms. The lowest BCUT2D eigenvalue weighted by Crippen LogP contribution is -2.28. The summed E-state index contributed by atoms with van der Waals surface area (Å²) in [6.07, 6.45) is 11.6. The summed E-state index contributed by atoms with van der Waals surface area (Å²) < 4.78 is 0. The van der Waals surface area contributed by atoms with Crippen LogP contribution in [0.5, 0.6) is 0 Å². The Morgan fingerprint density at radius 1 is 1.37 bits per heavy atom. The Balaban J connectivity index is 1.65. The normalized spacial score (nSPS) is 17.4. The molecular weight excluding hydrogens is 354 g/mol. The second-order valence-corrected chi connectivity index (χ2v) is 8.93. The molecule has 0 saturated heterocycles. The van der Waals surface area contributed by atoms with E-state index >= 15 is 0 Å². The van der Waals surface area contributed by atoms with Crippen LogP contribution in [0.15, 0.2) is 36.0 Å². The van der Waals surface area contributed by atoms with Gasteiger partial charge < -0.3 is 0 Å². The first kappa shape index (κ1) is 18.0. The molecule has 3 aromatic rings. The predicted octanol–water partition coefficient (Wildman–Crippen LogP) is 5.07. The molecule has 1 unspecified atom stereocenters. The molecule has 0 bridgehead atoms. The van der Waals surface area contributed by atoms with Crippen LogP contribution in [0, 0.1) is 11.3 Å². The third kappa shape index (κ3) is 3.58. The Labute approximate surface area is 164 Å². The van der Waals surface area contributed by atoms with Crippen LogP contribution in [0.25, 0.3) is 10.2 Å². The maximum absolute atomic E-state index is 4.53. The number of nitrogens with zero attached hydrogens (tertiary/aromatic N) is 4. The number of hydrogen-bond donors (Lipinski definition) is 1. The zero-order chi connectivity index (χ0) is 18.9. The van der Waals surface area contributed by atoms with Crippen LogP contribution < -0.4 is 5.43 Å². The second-order valence-electron chi connectivity index (χ2n) is 7.84. The molecule has 0 saturated carbocycles. The van der Waals surface area contributed by atoms with E-state index in [9.17, 15) is 0 Å². The standard InChI is InChI=1S/C21H25N5S/c1-4-21(2,3)15-7-8-17-16(10-15)18-19(23-13-24-20(18)27-17)26-25-12-14-6-5-9-22-11-14/h5-6,9,11-13,15H,4,7-8,10H2,1-3H3,(H,23,24,26)/b25-12+. The highest BCUT2D eigenvalue weighted by Crippen LogP contribution is 2.45. The van der Waals surface area contributed by atoms with Crippen molar-refractivity contribution in [2.45, 2.75) is 46.5 Å². The Hall–Kier alpha value is -2.34. The molecule has 1 aliphatic carbocycles. The Bertz CT molecular complexity index is 961. The number of pyridine rings is 1. The molecule has 0 aromatic carbocycles. The van der Waals surface area contributed by atoms with Crippen LogP contribution in [0.4, 0.5) is 5.82 Å². The number of thiophene rings is 1. The van der Waals surface area contributed by atoms with Gasteiger partial charge in [0.2, 0.25) is 0 Å². The van der Waals surface area contributed by atoms with Crippen molar-refractivity contribution < 1.29 is 0 Å². The molecule has 27 heavy (non-hydrogen) atoms. The highest BCUT2D eigenvalue weighted by Gasteiger charge is 2.33. The molecular formula is C21H25N5S. The first-order valence-electron chi connectivity index (χ1n) is 9.53. The fourth-order valence-corrected chi connectivity index (χ4v) is 4.95. The summed E-state index contributed by atoms with van der Waals surface area (Å²) in [6, 6.07) is 3.87. The largest absolute Gasteiger partial charge is 0.264 e. The van der Waals surface area contributed by atoms with Gasteiger partial charge in [-0.2, -0.15) is 5.10 Å². The lowest BCUT2D eigenvalue weighted by Gasteiger charge is -2.36. The summed E-state index contributed by atoms with van der Waals surface area (Å²) in [4.78, 5) is 15.6. The molecule has 0 spiro atoms. The Morgan fingerprint density at radius 3 is 3.04 bits per heavy atom. The van der Waals surface area contributed by atoms with Crippen LogP contribution in [-0.4, -0.2) is 21.2 Å². The molecule has 3 heterocycles. The molecule has 1 aliphatic rings. The van der Waals surface area contributed by atoms with Gasteiger partial charge in [0, 0.05) is 22.8 Å². The second kappa shape index (κ2) is 7.35. The summed E-state index contributed by atoms with van der Waals surface area (Å²) in [5, 5.41) is 5.52. The van der Waals surface area contributed by atoms with Crippen molar-refractivity contribution in [2.24, 2.45) is 16.4 Å². The smallest absolute Gasteiger partial charge is 0.158 e. The van der Waals surface area contributed by atoms with Crippen molar-refractivity contribution in [2.75, 3.05) is 5.43 Å². The number of nitrogens with one attached hydrogen (secondary N) is 1. The summed E-state index contributed by atoms with van der Waals surface area (Å²) in [5.41, 5.74) is 5.87. The molecule has 3 aromatic heterocycles. The zero-order valence-corrected chi connectivity index (χ0v) is 16.9. The molecule has 5 nitrogen and oxygen atoms in total. The fourth-order valence-electron chi connectivity index (χ4n) is 3.77. The minimum atomic E-state index is 0.355. The van der Waals surface area contributed by atoms with Gasteiger partial charge in [0.25, 0.3) is 0 Å². The third-order valence-electron chi connectivity index (χ3n) is 5.93. The highest BCUT2D eigenvalue weighted by atomic mass is 32.1. The van der Waals surface area contributed by atoms with E-state index in [1.54, 1.807) is 24.9 Å². The van der Waals surface area contributed by atoms with E-state index in [0.717, 1.165) is 34.4 Å². The van der Waals surface area contributed by atoms with Crippen molar-refractivity contribution in [3.8, 4) is 0 Å². The fraction of sp³-hybridized carbons (Fsp3) is 0.429. The van der Waals surface area contributed by atoms with Crippen LogP contribution in [-0.2, 0) is 12.8 Å². The SMILES string of the molecule is CCC(C)(C)C1CCc2sc3ncnc(N/N=C/c4cccnc4)c3c2C1. The maximum atomic E-state index is 4.53. The molecule has 0 amide bonds. The van der Waals surface area contributed by atoms with Crippen molar-refractivity contribution >= 4 is 33.6 Å². The quantitative estimate of drug-likeness (QED) is 0.496. The van der Waals surface area contributed by atoms with E-state index in [4.69, 9.17) is 0 Å². The van der Waals surface area contributed by atoms with E-state index in [2.05, 4.69) is 46.3 Å². The first-order chi connectivity index (χ1) is 13.1. The number of aryl methyl sites for hydroxylation is 1. The number of rotatable bonds is 5. The maximum Gasteiger partial charge on any atom is 0.158 e. The van der Waals surface area contributed by atoms with Crippen LogP contribution in [0.1, 0.15) is 49.6 Å². The van der Waals surface area contributed by atoms with Gasteiger partial charge in [-0.1, -0.05) is 33.3 Å². The molecule has 1 atom stereocenters. The van der Waals surface area contributed by atoms with E-state index in [0.29, 0.717) is 11.3 Å². The van der Waals surface area contributed by atoms with Crippen LogP contribution in [0.3, 0.4) is 0 Å². The summed E-state index contributed by atoms with van der Waals surface area (Å²) in [5.74, 6) is 1.49. The molecule has 140 valence electrons. The van der Waals surface area contributed by atoms with Crippen LogP contribution in [0.2, 0.25) is 0 Å². The lowest BCUT2D eigenvalue weighted by atomic mass is 9.69. The van der Waals surface area contributed by atoms with Gasteiger partial charge in [0.05, 0.1) is 11.6 Å². The van der Waals surface area contributed by atoms with Gasteiger partial charge in [-0.25, -0.2) is 9.97 Å². The van der Waals surface area contributed by atoms with Gasteiger partial charge in [-0.15, -0.1) is 11.3 Å². The molecule has 1 N–H and O–H groups in total. The van der Waals surface area contributed by atoms with Gasteiger partial charge in [-0.3, -0.25) is 10.4 Å². The van der Waals surface area contributed by atoms with E-state index < -0.39 is 0 Å². The molecule has 0 radical (unpaired) electrons.